The average molecular weight is 475 g/mol. The lowest BCUT2D eigenvalue weighted by Gasteiger charge is -2.42. The van der Waals surface area contributed by atoms with Gasteiger partial charge in [0, 0.05) is 9.80 Å². The van der Waals surface area contributed by atoms with Gasteiger partial charge in [-0.25, -0.2) is 4.79 Å². The van der Waals surface area contributed by atoms with E-state index in [9.17, 15) is 4.79 Å². The predicted octanol–water partition coefficient (Wildman–Crippen LogP) is 8.85. The molecule has 0 radical (unpaired) electrons. The van der Waals surface area contributed by atoms with E-state index >= 15 is 0 Å². The number of fused-ring (bicyclic) bond motifs is 1. The molecule has 0 heterocycles. The number of benzene rings is 2. The Hall–Kier alpha value is -2.26. The molecular weight excluding hydrogens is 436 g/mol. The second kappa shape index (κ2) is 11.0. The summed E-state index contributed by atoms with van der Waals surface area (Å²) in [6.45, 7) is 9.31. The monoisotopic (exact) mass is 474 g/mol. The lowest BCUT2D eigenvalue weighted by Crippen LogP contribution is -2.36. The van der Waals surface area contributed by atoms with Gasteiger partial charge in [-0.1, -0.05) is 79.2 Å². The Morgan fingerprint density at radius 3 is 2.44 bits per heavy atom. The van der Waals surface area contributed by atoms with E-state index in [0.717, 1.165) is 25.7 Å². The van der Waals surface area contributed by atoms with Crippen LogP contribution in [-0.2, 0) is 4.74 Å². The maximum atomic E-state index is 13.0. The van der Waals surface area contributed by atoms with Crippen LogP contribution in [0.3, 0.4) is 0 Å². The summed E-state index contributed by atoms with van der Waals surface area (Å²) in [5, 5.41) is 0. The van der Waals surface area contributed by atoms with Crippen LogP contribution in [0.5, 0.6) is 0 Å². The molecule has 0 amide bonds. The van der Waals surface area contributed by atoms with Gasteiger partial charge in [-0.3, -0.25) is 0 Å². The summed E-state index contributed by atoms with van der Waals surface area (Å²) >= 11 is 1.81. The number of hydrogen-bond acceptors (Lipinski definition) is 3. The van der Waals surface area contributed by atoms with Crippen molar-refractivity contribution in [1.29, 1.82) is 0 Å². The van der Waals surface area contributed by atoms with Crippen LogP contribution in [0.15, 0.2) is 87.7 Å². The molecule has 2 aliphatic carbocycles. The molecule has 3 heteroatoms. The Morgan fingerprint density at radius 1 is 1.09 bits per heavy atom. The smallest absolute Gasteiger partial charge is 0.338 e. The molecule has 2 nitrogen and oxygen atoms in total. The third-order valence-electron chi connectivity index (χ3n) is 7.82. The van der Waals surface area contributed by atoms with Crippen molar-refractivity contribution in [3.63, 3.8) is 0 Å². The van der Waals surface area contributed by atoms with Gasteiger partial charge < -0.3 is 4.74 Å². The van der Waals surface area contributed by atoms with Crippen molar-refractivity contribution in [2.45, 2.75) is 77.2 Å². The van der Waals surface area contributed by atoms with Crippen LogP contribution in [0.25, 0.3) is 0 Å². The topological polar surface area (TPSA) is 26.3 Å². The molecule has 0 bridgehead atoms. The highest BCUT2D eigenvalue weighted by atomic mass is 32.2. The molecule has 1 saturated carbocycles. The minimum Gasteiger partial charge on any atom is -0.453 e. The van der Waals surface area contributed by atoms with E-state index in [0.29, 0.717) is 17.4 Å². The summed E-state index contributed by atoms with van der Waals surface area (Å²) in [4.78, 5) is 15.5. The maximum absolute atomic E-state index is 13.0. The molecule has 2 aromatic carbocycles. The van der Waals surface area contributed by atoms with Crippen molar-refractivity contribution in [2.75, 3.05) is 0 Å². The molecule has 34 heavy (non-hydrogen) atoms. The SMILES string of the molecule is CC(C)=CCC[C@@H](C)C1CCC2=C(Sc3ccccc3)[C@H](OC(=O)c3ccccc3)CC[C@@]21C. The summed E-state index contributed by atoms with van der Waals surface area (Å²) < 4.78 is 6.18. The first-order chi connectivity index (χ1) is 16.4. The number of allylic oxidation sites excluding steroid dienone is 3. The van der Waals surface area contributed by atoms with E-state index < -0.39 is 0 Å². The minimum atomic E-state index is -0.217. The summed E-state index contributed by atoms with van der Waals surface area (Å²) in [5.74, 6) is 1.15. The molecule has 4 atom stereocenters. The first-order valence-electron chi connectivity index (χ1n) is 12.7. The van der Waals surface area contributed by atoms with E-state index in [1.165, 1.54) is 33.8 Å². The van der Waals surface area contributed by atoms with Crippen molar-refractivity contribution in [3.8, 4) is 0 Å². The van der Waals surface area contributed by atoms with Gasteiger partial charge in [0.05, 0.1) is 5.56 Å². The molecule has 4 rings (SSSR count). The maximum Gasteiger partial charge on any atom is 0.338 e. The number of hydrogen-bond donors (Lipinski definition) is 0. The van der Waals surface area contributed by atoms with Gasteiger partial charge in [-0.2, -0.15) is 0 Å². The van der Waals surface area contributed by atoms with Crippen molar-refractivity contribution in [3.05, 3.63) is 88.4 Å². The van der Waals surface area contributed by atoms with Crippen molar-refractivity contribution in [1.82, 2.24) is 0 Å². The average Bonchev–Trinajstić information content (AvgIpc) is 3.19. The third-order valence-corrected chi connectivity index (χ3v) is 9.06. The third kappa shape index (κ3) is 5.51. The molecule has 1 unspecified atom stereocenters. The Morgan fingerprint density at radius 2 is 1.76 bits per heavy atom. The van der Waals surface area contributed by atoms with Gasteiger partial charge in [0.1, 0.15) is 6.10 Å². The Bertz CT molecular complexity index is 1040. The zero-order chi connectivity index (χ0) is 24.1. The van der Waals surface area contributed by atoms with Gasteiger partial charge in [0.2, 0.25) is 0 Å². The van der Waals surface area contributed by atoms with Gasteiger partial charge >= 0.3 is 5.97 Å². The molecule has 0 aromatic heterocycles. The molecular formula is C31H38O2S. The molecule has 2 aromatic rings. The van der Waals surface area contributed by atoms with E-state index in [-0.39, 0.29) is 17.5 Å². The molecule has 1 fully saturated rings. The van der Waals surface area contributed by atoms with E-state index in [2.05, 4.69) is 64.1 Å². The second-order valence-corrected chi connectivity index (χ2v) is 11.6. The van der Waals surface area contributed by atoms with Crippen LogP contribution in [0.2, 0.25) is 0 Å². The minimum absolute atomic E-state index is 0.166. The van der Waals surface area contributed by atoms with Crippen LogP contribution in [-0.4, -0.2) is 12.1 Å². The number of ether oxygens (including phenoxy) is 1. The molecule has 0 aliphatic heterocycles. The van der Waals surface area contributed by atoms with Crippen molar-refractivity contribution in [2.24, 2.45) is 17.3 Å². The Balaban J connectivity index is 1.62. The second-order valence-electron chi connectivity index (χ2n) is 10.5. The highest BCUT2D eigenvalue weighted by Gasteiger charge is 2.49. The summed E-state index contributed by atoms with van der Waals surface area (Å²) in [6.07, 6.45) is 8.95. The van der Waals surface area contributed by atoms with Gasteiger partial charge in [0.15, 0.2) is 0 Å². The fraction of sp³-hybridized carbons (Fsp3) is 0.452. The standard InChI is InChI=1S/C31H38O2S/c1-22(2)12-11-13-23(3)26-18-19-27-29(34-25-16-9-6-10-17-25)28(20-21-31(26,27)4)33-30(32)24-14-7-5-8-15-24/h5-10,12,14-17,23,26,28H,11,13,18-21H2,1-4H3/t23-,26?,28-,31-/m1/s1. The fourth-order valence-corrected chi connectivity index (χ4v) is 7.30. The largest absolute Gasteiger partial charge is 0.453 e. The van der Waals surface area contributed by atoms with Crippen LogP contribution in [0.1, 0.15) is 76.6 Å². The molecule has 180 valence electrons. The molecule has 0 saturated heterocycles. The quantitative estimate of drug-likeness (QED) is 0.282. The van der Waals surface area contributed by atoms with Gasteiger partial charge in [0.25, 0.3) is 0 Å². The highest BCUT2D eigenvalue weighted by molar-refractivity contribution is 8.03. The van der Waals surface area contributed by atoms with Crippen LogP contribution in [0, 0.1) is 17.3 Å². The summed E-state index contributed by atoms with van der Waals surface area (Å²) in [6, 6.07) is 19.9. The molecule has 2 aliphatic rings. The van der Waals surface area contributed by atoms with E-state index in [1.807, 2.05) is 42.1 Å². The van der Waals surface area contributed by atoms with Crippen molar-refractivity contribution < 1.29 is 9.53 Å². The molecule has 0 N–H and O–H groups in total. The normalized spacial score (nSPS) is 24.9. The number of esters is 1. The zero-order valence-electron chi connectivity index (χ0n) is 21.1. The first kappa shape index (κ1) is 24.9. The first-order valence-corrected chi connectivity index (χ1v) is 13.6. The lowest BCUT2D eigenvalue weighted by atomic mass is 9.65. The van der Waals surface area contributed by atoms with Crippen molar-refractivity contribution >= 4 is 17.7 Å². The fourth-order valence-electron chi connectivity index (χ4n) is 6.00. The summed E-state index contributed by atoms with van der Waals surface area (Å²) in [7, 11) is 0. The Kier molecular flexibility index (Phi) is 8.03. The van der Waals surface area contributed by atoms with Crippen LogP contribution < -0.4 is 0 Å². The number of carbonyl (C=O) groups excluding carboxylic acids is 1. The van der Waals surface area contributed by atoms with Crippen LogP contribution >= 0.6 is 11.8 Å². The number of thioether (sulfide) groups is 1. The van der Waals surface area contributed by atoms with E-state index in [1.54, 1.807) is 0 Å². The Labute approximate surface area is 209 Å². The molecule has 0 spiro atoms. The van der Waals surface area contributed by atoms with Gasteiger partial charge in [-0.05, 0) is 93.9 Å². The predicted molar refractivity (Wildman–Crippen MR) is 143 cm³/mol. The number of carbonyl (C=O) groups is 1. The van der Waals surface area contributed by atoms with Crippen LogP contribution in [0.4, 0.5) is 0 Å². The highest BCUT2D eigenvalue weighted by Crippen LogP contribution is 2.60. The number of rotatable bonds is 8. The zero-order valence-corrected chi connectivity index (χ0v) is 21.9. The lowest BCUT2D eigenvalue weighted by molar-refractivity contribution is 0.0300. The van der Waals surface area contributed by atoms with E-state index in [4.69, 9.17) is 4.74 Å². The summed E-state index contributed by atoms with van der Waals surface area (Å²) in [5.41, 5.74) is 3.77. The van der Waals surface area contributed by atoms with Gasteiger partial charge in [-0.15, -0.1) is 0 Å².